The van der Waals surface area contributed by atoms with Crippen LogP contribution in [0.2, 0.25) is 0 Å². The molecule has 5 aromatic carbocycles. The molecule has 0 spiro atoms. The lowest BCUT2D eigenvalue weighted by Gasteiger charge is -2.11. The van der Waals surface area contributed by atoms with Gasteiger partial charge in [-0.1, -0.05) is 72.8 Å². The monoisotopic (exact) mass is 513 g/mol. The lowest BCUT2D eigenvalue weighted by atomic mass is 9.99. The van der Waals surface area contributed by atoms with E-state index in [4.69, 9.17) is 9.72 Å². The summed E-state index contributed by atoms with van der Waals surface area (Å²) in [6.45, 7) is 0. The van der Waals surface area contributed by atoms with Crippen LogP contribution in [-0.4, -0.2) is 14.5 Å². The summed E-state index contributed by atoms with van der Waals surface area (Å²) in [4.78, 5) is 9.42. The topological polar surface area (TPSA) is 39.9 Å². The number of hydrogen-bond acceptors (Lipinski definition) is 3. The maximum Gasteiger partial charge on any atom is 0.137 e. The molecule has 0 aliphatic carbocycles. The number of para-hydroxylation sites is 1. The molecular formula is C36H23N3O. The number of ether oxygens (including phenoxy) is 1. The van der Waals surface area contributed by atoms with Gasteiger partial charge in [0.25, 0.3) is 0 Å². The Morgan fingerprint density at radius 3 is 2.20 bits per heavy atom. The number of rotatable bonds is 4. The highest BCUT2D eigenvalue weighted by Gasteiger charge is 2.14. The molecular weight excluding hydrogens is 490 g/mol. The van der Waals surface area contributed by atoms with Crippen LogP contribution in [0.4, 0.5) is 0 Å². The van der Waals surface area contributed by atoms with E-state index in [9.17, 15) is 0 Å². The molecule has 0 saturated carbocycles. The normalized spacial score (nSPS) is 11.5. The molecule has 3 aromatic heterocycles. The molecule has 0 amide bonds. The van der Waals surface area contributed by atoms with Gasteiger partial charge in [0.2, 0.25) is 0 Å². The zero-order valence-electron chi connectivity index (χ0n) is 21.5. The molecule has 188 valence electrons. The van der Waals surface area contributed by atoms with E-state index in [1.165, 1.54) is 21.5 Å². The van der Waals surface area contributed by atoms with Crippen LogP contribution in [0.5, 0.6) is 11.5 Å². The van der Waals surface area contributed by atoms with Crippen molar-refractivity contribution < 1.29 is 4.74 Å². The second-order valence-electron chi connectivity index (χ2n) is 9.89. The average Bonchev–Trinajstić information content (AvgIpc) is 3.35. The van der Waals surface area contributed by atoms with Gasteiger partial charge in [-0.3, -0.25) is 9.55 Å². The molecule has 0 bridgehead atoms. The van der Waals surface area contributed by atoms with Gasteiger partial charge in [-0.05, 0) is 64.7 Å². The van der Waals surface area contributed by atoms with E-state index in [1.807, 2.05) is 48.8 Å². The minimum absolute atomic E-state index is 0.761. The average molecular weight is 514 g/mol. The summed E-state index contributed by atoms with van der Waals surface area (Å²) in [5.41, 5.74) is 4.13. The van der Waals surface area contributed by atoms with Gasteiger partial charge in [0.1, 0.15) is 17.3 Å². The molecule has 0 saturated heterocycles. The van der Waals surface area contributed by atoms with Crippen LogP contribution < -0.4 is 4.74 Å². The van der Waals surface area contributed by atoms with Gasteiger partial charge in [-0.25, -0.2) is 4.98 Å². The summed E-state index contributed by atoms with van der Waals surface area (Å²) in [5.74, 6) is 2.40. The van der Waals surface area contributed by atoms with Crippen LogP contribution in [0.15, 0.2) is 140 Å². The fourth-order valence-corrected chi connectivity index (χ4v) is 5.76. The quantitative estimate of drug-likeness (QED) is 0.220. The van der Waals surface area contributed by atoms with Crippen LogP contribution in [0, 0.1) is 0 Å². The molecule has 0 fully saturated rings. The van der Waals surface area contributed by atoms with Crippen molar-refractivity contribution in [1.82, 2.24) is 14.5 Å². The van der Waals surface area contributed by atoms with Crippen molar-refractivity contribution in [3.8, 4) is 28.6 Å². The minimum Gasteiger partial charge on any atom is -0.457 e. The SMILES string of the molecule is c1ccc(-n2c3ccccc3c3ccc(Oc4cccc(-c5nccc6c5ccc5ccccc56)c4)cc32)nc1. The third-order valence-corrected chi connectivity index (χ3v) is 7.54. The van der Waals surface area contributed by atoms with E-state index in [2.05, 4.69) is 101 Å². The summed E-state index contributed by atoms with van der Waals surface area (Å²) in [6, 6.07) is 43.7. The van der Waals surface area contributed by atoms with E-state index in [0.29, 0.717) is 0 Å². The lowest BCUT2D eigenvalue weighted by molar-refractivity contribution is 0.483. The Kier molecular flexibility index (Phi) is 5.10. The van der Waals surface area contributed by atoms with Gasteiger partial charge >= 0.3 is 0 Å². The minimum atomic E-state index is 0.761. The Bertz CT molecular complexity index is 2200. The molecule has 0 aliphatic rings. The fourth-order valence-electron chi connectivity index (χ4n) is 5.76. The molecule has 4 heteroatoms. The van der Waals surface area contributed by atoms with Crippen molar-refractivity contribution in [1.29, 1.82) is 0 Å². The van der Waals surface area contributed by atoms with E-state index in [1.54, 1.807) is 0 Å². The van der Waals surface area contributed by atoms with Crippen LogP contribution in [0.3, 0.4) is 0 Å². The summed E-state index contributed by atoms with van der Waals surface area (Å²) in [5, 5.41) is 7.12. The lowest BCUT2D eigenvalue weighted by Crippen LogP contribution is -1.96. The van der Waals surface area contributed by atoms with E-state index < -0.39 is 0 Å². The van der Waals surface area contributed by atoms with E-state index in [0.717, 1.165) is 50.4 Å². The third kappa shape index (κ3) is 3.62. The second kappa shape index (κ2) is 9.07. The molecule has 40 heavy (non-hydrogen) atoms. The van der Waals surface area contributed by atoms with Gasteiger partial charge in [0.05, 0.1) is 16.7 Å². The Balaban J connectivity index is 1.22. The van der Waals surface area contributed by atoms with Gasteiger partial charge in [-0.15, -0.1) is 0 Å². The number of hydrogen-bond donors (Lipinski definition) is 0. The standard InChI is InChI=1S/C36H23N3O/c1-2-11-28-24(8-1)15-17-32-29(28)19-21-38-36(32)25-9-7-10-26(22-25)40-27-16-18-31-30-12-3-4-13-33(30)39(34(31)23-27)35-14-5-6-20-37-35/h1-23H. The van der Waals surface area contributed by atoms with Gasteiger partial charge in [0, 0.05) is 40.2 Å². The maximum atomic E-state index is 6.46. The maximum absolute atomic E-state index is 6.46. The Labute approximate surface area is 230 Å². The molecule has 0 radical (unpaired) electrons. The van der Waals surface area contributed by atoms with Crippen LogP contribution in [0.1, 0.15) is 0 Å². The Hall–Kier alpha value is -5.48. The third-order valence-electron chi connectivity index (χ3n) is 7.54. The Morgan fingerprint density at radius 2 is 1.27 bits per heavy atom. The van der Waals surface area contributed by atoms with Gasteiger partial charge in [0.15, 0.2) is 0 Å². The fraction of sp³-hybridized carbons (Fsp3) is 0. The summed E-state index contributed by atoms with van der Waals surface area (Å²) in [6.07, 6.45) is 3.72. The molecule has 8 aromatic rings. The first-order valence-electron chi connectivity index (χ1n) is 13.3. The highest BCUT2D eigenvalue weighted by Crippen LogP contribution is 2.36. The van der Waals surface area contributed by atoms with Crippen LogP contribution in [0.25, 0.3) is 60.4 Å². The van der Waals surface area contributed by atoms with Crippen molar-refractivity contribution in [2.75, 3.05) is 0 Å². The molecule has 0 N–H and O–H groups in total. The van der Waals surface area contributed by atoms with Crippen molar-refractivity contribution in [2.45, 2.75) is 0 Å². The largest absolute Gasteiger partial charge is 0.457 e. The van der Waals surface area contributed by atoms with Gasteiger partial charge in [-0.2, -0.15) is 0 Å². The number of fused-ring (bicyclic) bond motifs is 6. The predicted molar refractivity (Wildman–Crippen MR) is 163 cm³/mol. The van der Waals surface area contributed by atoms with Gasteiger partial charge < -0.3 is 4.74 Å². The van der Waals surface area contributed by atoms with Crippen molar-refractivity contribution >= 4 is 43.4 Å². The zero-order valence-corrected chi connectivity index (χ0v) is 21.5. The Morgan fingerprint density at radius 1 is 0.475 bits per heavy atom. The first-order valence-corrected chi connectivity index (χ1v) is 13.3. The number of nitrogens with zero attached hydrogens (tertiary/aromatic N) is 3. The number of pyridine rings is 2. The first-order chi connectivity index (χ1) is 19.8. The second-order valence-corrected chi connectivity index (χ2v) is 9.89. The van der Waals surface area contributed by atoms with Crippen LogP contribution in [-0.2, 0) is 0 Å². The summed E-state index contributed by atoms with van der Waals surface area (Å²) in [7, 11) is 0. The number of aromatic nitrogens is 3. The predicted octanol–water partition coefficient (Wildman–Crippen LogP) is 9.34. The van der Waals surface area contributed by atoms with E-state index >= 15 is 0 Å². The van der Waals surface area contributed by atoms with Crippen molar-refractivity contribution in [3.05, 3.63) is 140 Å². The highest BCUT2D eigenvalue weighted by atomic mass is 16.5. The summed E-state index contributed by atoms with van der Waals surface area (Å²) < 4.78 is 8.65. The first kappa shape index (κ1) is 22.5. The smallest absolute Gasteiger partial charge is 0.137 e. The molecule has 8 rings (SSSR count). The molecule has 0 aliphatic heterocycles. The molecule has 0 unspecified atom stereocenters. The van der Waals surface area contributed by atoms with Crippen molar-refractivity contribution in [2.24, 2.45) is 0 Å². The zero-order chi connectivity index (χ0) is 26.5. The summed E-state index contributed by atoms with van der Waals surface area (Å²) >= 11 is 0. The molecule has 4 nitrogen and oxygen atoms in total. The molecule has 3 heterocycles. The molecule has 0 atom stereocenters. The van der Waals surface area contributed by atoms with E-state index in [-0.39, 0.29) is 0 Å². The number of benzene rings is 5. The van der Waals surface area contributed by atoms with Crippen LogP contribution >= 0.6 is 0 Å². The van der Waals surface area contributed by atoms with Crippen molar-refractivity contribution in [3.63, 3.8) is 0 Å². The highest BCUT2D eigenvalue weighted by molar-refractivity contribution is 6.11.